The van der Waals surface area contributed by atoms with Gasteiger partial charge in [-0.25, -0.2) is 9.69 Å². The summed E-state index contributed by atoms with van der Waals surface area (Å²) >= 11 is 9.64. The van der Waals surface area contributed by atoms with Crippen molar-refractivity contribution in [3.8, 4) is 11.5 Å². The van der Waals surface area contributed by atoms with Crippen molar-refractivity contribution in [3.63, 3.8) is 0 Å². The molecule has 0 unspecified atom stereocenters. The van der Waals surface area contributed by atoms with Gasteiger partial charge in [0.15, 0.2) is 0 Å². The molecule has 7 nitrogen and oxygen atoms in total. The van der Waals surface area contributed by atoms with E-state index in [1.165, 1.54) is 11.6 Å². The van der Waals surface area contributed by atoms with Crippen molar-refractivity contribution >= 4 is 57.1 Å². The van der Waals surface area contributed by atoms with Crippen molar-refractivity contribution in [1.29, 1.82) is 0 Å². The fourth-order valence-electron chi connectivity index (χ4n) is 4.33. The van der Waals surface area contributed by atoms with Gasteiger partial charge in [0.25, 0.3) is 11.8 Å². The Hall–Kier alpha value is -4.40. The third kappa shape index (κ3) is 6.56. The summed E-state index contributed by atoms with van der Waals surface area (Å²) in [5.74, 6) is -0.544. The highest BCUT2D eigenvalue weighted by Gasteiger charge is 2.37. The molecule has 1 N–H and O–H groups in total. The first-order chi connectivity index (χ1) is 20.2. The summed E-state index contributed by atoms with van der Waals surface area (Å²) in [6.07, 6.45) is 1.43. The van der Waals surface area contributed by atoms with Gasteiger partial charge in [-0.3, -0.25) is 14.9 Å². The molecule has 0 bridgehead atoms. The minimum atomic E-state index is -0.840. The van der Waals surface area contributed by atoms with E-state index in [1.54, 1.807) is 42.5 Å². The second-order valence-electron chi connectivity index (χ2n) is 9.72. The summed E-state index contributed by atoms with van der Waals surface area (Å²) in [7, 11) is 0. The Balaban J connectivity index is 1.36. The van der Waals surface area contributed by atoms with E-state index >= 15 is 0 Å². The lowest BCUT2D eigenvalue weighted by atomic mass is 10.1. The Kier molecular flexibility index (Phi) is 8.75. The Bertz CT molecular complexity index is 1720. The first kappa shape index (κ1) is 29.1. The number of nitrogens with one attached hydrogen (secondary N) is 1. The van der Waals surface area contributed by atoms with Gasteiger partial charge in [-0.15, -0.1) is 0 Å². The molecule has 1 aliphatic heterocycles. The summed E-state index contributed by atoms with van der Waals surface area (Å²) in [6.45, 7) is 4.64. The molecule has 4 amide bonds. The van der Waals surface area contributed by atoms with Crippen LogP contribution in [0.3, 0.4) is 0 Å². The van der Waals surface area contributed by atoms with E-state index in [2.05, 4.69) is 27.3 Å². The van der Waals surface area contributed by atoms with Gasteiger partial charge in [0.05, 0.1) is 5.69 Å². The van der Waals surface area contributed by atoms with Crippen LogP contribution in [0.1, 0.15) is 27.8 Å². The molecule has 1 fully saturated rings. The molecule has 212 valence electrons. The predicted molar refractivity (Wildman–Crippen MR) is 166 cm³/mol. The van der Waals surface area contributed by atoms with Crippen molar-refractivity contribution < 1.29 is 23.9 Å². The molecule has 0 saturated carbocycles. The number of nitrogens with zero attached hydrogens (tertiary/aromatic N) is 1. The Morgan fingerprint density at radius 3 is 2.36 bits per heavy atom. The van der Waals surface area contributed by atoms with Crippen molar-refractivity contribution in [2.45, 2.75) is 27.1 Å². The van der Waals surface area contributed by atoms with Crippen LogP contribution in [0.15, 0.2) is 95.0 Å². The molecule has 4 aromatic rings. The standard InChI is InChI=1S/C33H26BrClN2O5/c1-20-7-8-22(15-21(20)2)18-42-30-14-9-25(34)16-24(30)17-28-31(38)36-33(40)37(32(28)39)26-10-12-27(13-11-26)41-19-23-5-3-4-6-29(23)35/h3-17H,18-19H2,1-2H3,(H,36,38,40)/b28-17+. The molecular weight excluding hydrogens is 620 g/mol. The number of halogens is 2. The molecule has 9 heteroatoms. The SMILES string of the molecule is Cc1ccc(COc2ccc(Br)cc2/C=C2\C(=O)NC(=O)N(c3ccc(OCc4ccccc4Cl)cc3)C2=O)cc1C. The summed E-state index contributed by atoms with van der Waals surface area (Å²) in [4.78, 5) is 40.0. The highest BCUT2D eigenvalue weighted by molar-refractivity contribution is 9.10. The molecule has 4 aromatic carbocycles. The number of benzene rings is 4. The van der Waals surface area contributed by atoms with E-state index < -0.39 is 17.8 Å². The van der Waals surface area contributed by atoms with Crippen LogP contribution < -0.4 is 19.7 Å². The van der Waals surface area contributed by atoms with E-state index in [-0.39, 0.29) is 17.9 Å². The minimum Gasteiger partial charge on any atom is -0.489 e. The van der Waals surface area contributed by atoms with Gasteiger partial charge in [-0.05, 0) is 85.1 Å². The number of amides is 4. The number of urea groups is 1. The lowest BCUT2D eigenvalue weighted by Crippen LogP contribution is -2.54. The third-order valence-corrected chi connectivity index (χ3v) is 7.65. The zero-order valence-corrected chi connectivity index (χ0v) is 25.2. The summed E-state index contributed by atoms with van der Waals surface area (Å²) in [6, 6.07) is 24.3. The van der Waals surface area contributed by atoms with E-state index in [0.29, 0.717) is 28.7 Å². The van der Waals surface area contributed by atoms with E-state index in [1.807, 2.05) is 50.2 Å². The van der Waals surface area contributed by atoms with Gasteiger partial charge in [-0.2, -0.15) is 0 Å². The maximum Gasteiger partial charge on any atom is 0.335 e. The van der Waals surface area contributed by atoms with Gasteiger partial charge >= 0.3 is 6.03 Å². The minimum absolute atomic E-state index is 0.206. The Morgan fingerprint density at radius 2 is 1.62 bits per heavy atom. The molecule has 5 rings (SSSR count). The number of hydrogen-bond donors (Lipinski definition) is 1. The second-order valence-corrected chi connectivity index (χ2v) is 11.0. The number of barbiturate groups is 1. The smallest absolute Gasteiger partial charge is 0.335 e. The fourth-order valence-corrected chi connectivity index (χ4v) is 4.90. The van der Waals surface area contributed by atoms with Crippen LogP contribution in [0.5, 0.6) is 11.5 Å². The van der Waals surface area contributed by atoms with E-state index in [0.717, 1.165) is 26.1 Å². The summed E-state index contributed by atoms with van der Waals surface area (Å²) < 4.78 is 12.6. The highest BCUT2D eigenvalue weighted by atomic mass is 79.9. The average molecular weight is 646 g/mol. The quantitative estimate of drug-likeness (QED) is 0.158. The molecule has 0 radical (unpaired) electrons. The fraction of sp³-hybridized carbons (Fsp3) is 0.121. The molecule has 0 aromatic heterocycles. The maximum atomic E-state index is 13.5. The number of imide groups is 2. The average Bonchev–Trinajstić information content (AvgIpc) is 2.96. The number of anilines is 1. The predicted octanol–water partition coefficient (Wildman–Crippen LogP) is 7.54. The Labute approximate surface area is 256 Å². The number of carbonyl (C=O) groups excluding carboxylic acids is 3. The number of hydrogen-bond acceptors (Lipinski definition) is 5. The van der Waals surface area contributed by atoms with Gasteiger partial charge in [0, 0.05) is 20.6 Å². The van der Waals surface area contributed by atoms with Gasteiger partial charge in [-0.1, -0.05) is 63.9 Å². The number of aryl methyl sites for hydroxylation is 2. The van der Waals surface area contributed by atoms with Crippen LogP contribution in [-0.2, 0) is 22.8 Å². The molecule has 0 atom stereocenters. The van der Waals surface area contributed by atoms with Crippen LogP contribution in [0.25, 0.3) is 6.08 Å². The number of carbonyl (C=O) groups is 3. The van der Waals surface area contributed by atoms with Crippen LogP contribution >= 0.6 is 27.5 Å². The van der Waals surface area contributed by atoms with Crippen LogP contribution in [0.4, 0.5) is 10.5 Å². The molecule has 42 heavy (non-hydrogen) atoms. The highest BCUT2D eigenvalue weighted by Crippen LogP contribution is 2.30. The van der Waals surface area contributed by atoms with Crippen LogP contribution in [0.2, 0.25) is 5.02 Å². The second kappa shape index (κ2) is 12.6. The van der Waals surface area contributed by atoms with Gasteiger partial charge in [0.1, 0.15) is 30.3 Å². The largest absolute Gasteiger partial charge is 0.489 e. The molecular formula is C33H26BrClN2O5. The lowest BCUT2D eigenvalue weighted by Gasteiger charge is -2.26. The first-order valence-electron chi connectivity index (χ1n) is 13.1. The van der Waals surface area contributed by atoms with Crippen LogP contribution in [0, 0.1) is 13.8 Å². The monoisotopic (exact) mass is 644 g/mol. The zero-order valence-electron chi connectivity index (χ0n) is 22.8. The number of ether oxygens (including phenoxy) is 2. The van der Waals surface area contributed by atoms with Crippen molar-refractivity contribution in [1.82, 2.24) is 5.32 Å². The summed E-state index contributed by atoms with van der Waals surface area (Å²) in [5, 5.41) is 2.86. The van der Waals surface area contributed by atoms with E-state index in [4.69, 9.17) is 21.1 Å². The van der Waals surface area contributed by atoms with Gasteiger partial charge in [0.2, 0.25) is 0 Å². The van der Waals surface area contributed by atoms with Crippen LogP contribution in [-0.4, -0.2) is 17.8 Å². The van der Waals surface area contributed by atoms with E-state index in [9.17, 15) is 14.4 Å². The normalized spacial score (nSPS) is 14.2. The molecule has 1 saturated heterocycles. The van der Waals surface area contributed by atoms with Crippen molar-refractivity contribution in [2.24, 2.45) is 0 Å². The lowest BCUT2D eigenvalue weighted by molar-refractivity contribution is -0.122. The number of rotatable bonds is 8. The topological polar surface area (TPSA) is 84.9 Å². The van der Waals surface area contributed by atoms with Crippen molar-refractivity contribution in [2.75, 3.05) is 4.90 Å². The summed E-state index contributed by atoms with van der Waals surface area (Å²) in [5.41, 5.74) is 4.74. The van der Waals surface area contributed by atoms with Crippen molar-refractivity contribution in [3.05, 3.63) is 128 Å². The molecule has 1 aliphatic rings. The first-order valence-corrected chi connectivity index (χ1v) is 14.2. The molecule has 0 spiro atoms. The maximum absolute atomic E-state index is 13.5. The van der Waals surface area contributed by atoms with Gasteiger partial charge < -0.3 is 9.47 Å². The Morgan fingerprint density at radius 1 is 0.857 bits per heavy atom. The molecule has 1 heterocycles. The third-order valence-electron chi connectivity index (χ3n) is 6.79. The molecule has 0 aliphatic carbocycles. The zero-order chi connectivity index (χ0) is 29.8.